The Labute approximate surface area is 99.3 Å². The van der Waals surface area contributed by atoms with Crippen LogP contribution in [-0.4, -0.2) is 11.0 Å². The molecular weight excluding hydrogens is 196 g/mol. The third kappa shape index (κ3) is 5.86. The summed E-state index contributed by atoms with van der Waals surface area (Å²) in [4.78, 5) is 3.93. The quantitative estimate of drug-likeness (QED) is 0.830. The van der Waals surface area contributed by atoms with Gasteiger partial charge in [-0.3, -0.25) is 4.98 Å². The molecule has 1 heterocycles. The lowest BCUT2D eigenvalue weighted by Crippen LogP contribution is -2.22. The molecule has 2 rings (SSSR count). The predicted octanol–water partition coefficient (Wildman–Crippen LogP) is 3.31. The zero-order valence-corrected chi connectivity index (χ0v) is 10.4. The highest BCUT2D eigenvalue weighted by Crippen LogP contribution is 2.14. The summed E-state index contributed by atoms with van der Waals surface area (Å²) in [6.07, 6.45) is 12.7. The fraction of sp³-hybridized carbons (Fsp3) is 0.643. The minimum absolute atomic E-state index is 0.536. The molecule has 1 aromatic heterocycles. The number of aromatic nitrogens is 1. The van der Waals surface area contributed by atoms with Gasteiger partial charge in [0.1, 0.15) is 0 Å². The second-order valence-corrected chi connectivity index (χ2v) is 4.50. The number of nitrogens with two attached hydrogens (primary N) is 1. The van der Waals surface area contributed by atoms with E-state index in [4.69, 9.17) is 5.73 Å². The molecule has 0 aromatic carbocycles. The summed E-state index contributed by atoms with van der Waals surface area (Å²) >= 11 is 0. The highest BCUT2D eigenvalue weighted by atomic mass is 14.6. The number of nitrogens with zero attached hydrogens (tertiary/aromatic N) is 1. The zero-order valence-electron chi connectivity index (χ0n) is 10.4. The van der Waals surface area contributed by atoms with Gasteiger partial charge in [0.05, 0.1) is 0 Å². The fourth-order valence-corrected chi connectivity index (χ4v) is 1.97. The Balaban J connectivity index is 0.000000165. The molecule has 0 bridgehead atoms. The molecule has 2 heteroatoms. The third-order valence-corrected chi connectivity index (χ3v) is 2.94. The number of rotatable bonds is 2. The molecule has 1 aliphatic carbocycles. The lowest BCUT2D eigenvalue weighted by atomic mass is 9.97. The molecule has 90 valence electrons. The standard InChI is InChI=1S/C8H11N.C6H13N/c1-2-3-8-4-6-9-7-5-8;7-6-4-2-1-3-5-6/h4-7H,2-3H2,1H3;6H,1-5,7H2. The van der Waals surface area contributed by atoms with Gasteiger partial charge in [-0.15, -0.1) is 0 Å². The first-order valence-electron chi connectivity index (χ1n) is 6.47. The first kappa shape index (κ1) is 13.2. The van der Waals surface area contributed by atoms with Crippen molar-refractivity contribution in [2.75, 3.05) is 0 Å². The van der Waals surface area contributed by atoms with Crippen LogP contribution in [0.4, 0.5) is 0 Å². The van der Waals surface area contributed by atoms with Crippen molar-refractivity contribution in [2.24, 2.45) is 5.73 Å². The van der Waals surface area contributed by atoms with E-state index in [2.05, 4.69) is 24.0 Å². The largest absolute Gasteiger partial charge is 0.328 e. The number of hydrogen-bond donors (Lipinski definition) is 1. The van der Waals surface area contributed by atoms with Crippen LogP contribution in [0.25, 0.3) is 0 Å². The minimum Gasteiger partial charge on any atom is -0.328 e. The van der Waals surface area contributed by atoms with Gasteiger partial charge in [-0.2, -0.15) is 0 Å². The van der Waals surface area contributed by atoms with Crippen LogP contribution in [0.1, 0.15) is 51.0 Å². The summed E-state index contributed by atoms with van der Waals surface area (Å²) in [6, 6.07) is 4.65. The molecule has 16 heavy (non-hydrogen) atoms. The first-order chi connectivity index (χ1) is 7.83. The maximum Gasteiger partial charge on any atom is 0.0270 e. The molecule has 0 spiro atoms. The molecule has 2 N–H and O–H groups in total. The summed E-state index contributed by atoms with van der Waals surface area (Å²) in [5.74, 6) is 0. The molecule has 2 nitrogen and oxygen atoms in total. The maximum atomic E-state index is 5.63. The summed E-state index contributed by atoms with van der Waals surface area (Å²) in [5.41, 5.74) is 7.02. The van der Waals surface area contributed by atoms with Crippen molar-refractivity contribution in [1.29, 1.82) is 0 Å². The Morgan fingerprint density at radius 3 is 2.25 bits per heavy atom. The Bertz CT molecular complexity index is 253. The highest BCUT2D eigenvalue weighted by molar-refractivity contribution is 5.09. The van der Waals surface area contributed by atoms with Crippen molar-refractivity contribution in [2.45, 2.75) is 57.9 Å². The lowest BCUT2D eigenvalue weighted by Gasteiger charge is -2.15. The molecular formula is C14H24N2. The van der Waals surface area contributed by atoms with Crippen LogP contribution in [0.15, 0.2) is 24.5 Å². The molecule has 0 unspecified atom stereocenters. The third-order valence-electron chi connectivity index (χ3n) is 2.94. The zero-order chi connectivity index (χ0) is 11.6. The predicted molar refractivity (Wildman–Crippen MR) is 69.3 cm³/mol. The van der Waals surface area contributed by atoms with E-state index in [0.717, 1.165) is 0 Å². The molecule has 0 saturated heterocycles. The normalized spacial score (nSPS) is 16.4. The summed E-state index contributed by atoms with van der Waals surface area (Å²) in [5, 5.41) is 0. The van der Waals surface area contributed by atoms with Gasteiger partial charge < -0.3 is 5.73 Å². The van der Waals surface area contributed by atoms with Gasteiger partial charge >= 0.3 is 0 Å². The van der Waals surface area contributed by atoms with Crippen molar-refractivity contribution < 1.29 is 0 Å². The maximum absolute atomic E-state index is 5.63. The number of aryl methyl sites for hydroxylation is 1. The Hall–Kier alpha value is -0.890. The van der Waals surface area contributed by atoms with E-state index in [1.807, 2.05) is 12.4 Å². The van der Waals surface area contributed by atoms with Gasteiger partial charge in [-0.1, -0.05) is 32.6 Å². The van der Waals surface area contributed by atoms with Crippen LogP contribution < -0.4 is 5.73 Å². The summed E-state index contributed by atoms with van der Waals surface area (Å²) in [6.45, 7) is 2.18. The second kappa shape index (κ2) is 8.28. The molecule has 0 atom stereocenters. The van der Waals surface area contributed by atoms with E-state index in [-0.39, 0.29) is 0 Å². The van der Waals surface area contributed by atoms with Gasteiger partial charge in [0.15, 0.2) is 0 Å². The molecule has 1 aliphatic rings. The Kier molecular flexibility index (Phi) is 6.82. The van der Waals surface area contributed by atoms with Crippen molar-refractivity contribution >= 4 is 0 Å². The van der Waals surface area contributed by atoms with Crippen LogP contribution in [0.2, 0.25) is 0 Å². The Morgan fingerprint density at radius 1 is 1.19 bits per heavy atom. The first-order valence-corrected chi connectivity index (χ1v) is 6.47. The molecule has 1 saturated carbocycles. The van der Waals surface area contributed by atoms with Crippen molar-refractivity contribution in [3.8, 4) is 0 Å². The smallest absolute Gasteiger partial charge is 0.0270 e. The van der Waals surface area contributed by atoms with Crippen LogP contribution in [-0.2, 0) is 6.42 Å². The number of pyridine rings is 1. The van der Waals surface area contributed by atoms with Gasteiger partial charge in [-0.25, -0.2) is 0 Å². The van der Waals surface area contributed by atoms with Gasteiger partial charge in [0.25, 0.3) is 0 Å². The molecule has 0 amide bonds. The van der Waals surface area contributed by atoms with E-state index in [1.54, 1.807) is 0 Å². The van der Waals surface area contributed by atoms with Crippen molar-refractivity contribution in [3.05, 3.63) is 30.1 Å². The Morgan fingerprint density at radius 2 is 1.81 bits per heavy atom. The van der Waals surface area contributed by atoms with Crippen LogP contribution in [0, 0.1) is 0 Å². The summed E-state index contributed by atoms with van der Waals surface area (Å²) < 4.78 is 0. The average molecular weight is 220 g/mol. The van der Waals surface area contributed by atoms with Gasteiger partial charge in [-0.05, 0) is 37.0 Å². The van der Waals surface area contributed by atoms with E-state index < -0.39 is 0 Å². The molecule has 0 aliphatic heterocycles. The average Bonchev–Trinajstić information content (AvgIpc) is 2.33. The minimum atomic E-state index is 0.536. The molecule has 1 fully saturated rings. The van der Waals surface area contributed by atoms with Crippen LogP contribution >= 0.6 is 0 Å². The van der Waals surface area contributed by atoms with E-state index in [0.29, 0.717) is 6.04 Å². The van der Waals surface area contributed by atoms with E-state index in [9.17, 15) is 0 Å². The van der Waals surface area contributed by atoms with Crippen molar-refractivity contribution in [3.63, 3.8) is 0 Å². The molecule has 0 radical (unpaired) electrons. The monoisotopic (exact) mass is 220 g/mol. The summed E-state index contributed by atoms with van der Waals surface area (Å²) in [7, 11) is 0. The second-order valence-electron chi connectivity index (χ2n) is 4.50. The lowest BCUT2D eigenvalue weighted by molar-refractivity contribution is 0.441. The van der Waals surface area contributed by atoms with Crippen LogP contribution in [0.5, 0.6) is 0 Å². The fourth-order valence-electron chi connectivity index (χ4n) is 1.97. The van der Waals surface area contributed by atoms with Gasteiger partial charge in [0.2, 0.25) is 0 Å². The topological polar surface area (TPSA) is 38.9 Å². The van der Waals surface area contributed by atoms with Gasteiger partial charge in [0, 0.05) is 18.4 Å². The van der Waals surface area contributed by atoms with Crippen molar-refractivity contribution in [1.82, 2.24) is 4.98 Å². The highest BCUT2D eigenvalue weighted by Gasteiger charge is 2.06. The number of hydrogen-bond acceptors (Lipinski definition) is 2. The van der Waals surface area contributed by atoms with E-state index in [1.165, 1.54) is 50.5 Å². The molecule has 1 aromatic rings. The van der Waals surface area contributed by atoms with Crippen LogP contribution in [0.3, 0.4) is 0 Å². The van der Waals surface area contributed by atoms with E-state index >= 15 is 0 Å². The SMILES string of the molecule is CCCc1ccncc1.NC1CCCCC1.